The molecular formula is C13H20N2O5S. The second-order valence-corrected chi connectivity index (χ2v) is 6.02. The molecule has 0 bridgehead atoms. The Hall–Kier alpha value is -1.64. The zero-order valence-corrected chi connectivity index (χ0v) is 13.1. The maximum absolute atomic E-state index is 12.1. The summed E-state index contributed by atoms with van der Waals surface area (Å²) in [5.41, 5.74) is 0. The molecule has 2 N–H and O–H groups in total. The van der Waals surface area contributed by atoms with E-state index in [1.165, 1.54) is 45.4 Å². The van der Waals surface area contributed by atoms with E-state index in [0.29, 0.717) is 18.9 Å². The van der Waals surface area contributed by atoms with Crippen molar-refractivity contribution >= 4 is 15.9 Å². The summed E-state index contributed by atoms with van der Waals surface area (Å²) in [6.45, 7) is 2.16. The van der Waals surface area contributed by atoms with Crippen molar-refractivity contribution in [2.24, 2.45) is 0 Å². The minimum atomic E-state index is -3.76. The number of benzene rings is 1. The molecule has 1 atom stereocenters. The predicted molar refractivity (Wildman–Crippen MR) is 77.7 cm³/mol. The minimum Gasteiger partial charge on any atom is -0.497 e. The number of methoxy groups -OCH3 is 2. The number of sulfonamides is 1. The molecule has 118 valence electrons. The van der Waals surface area contributed by atoms with Gasteiger partial charge in [-0.05, 0) is 31.2 Å². The third-order valence-electron chi connectivity index (χ3n) is 2.70. The summed E-state index contributed by atoms with van der Waals surface area (Å²) in [7, 11) is -0.748. The van der Waals surface area contributed by atoms with Gasteiger partial charge in [0.25, 0.3) is 0 Å². The van der Waals surface area contributed by atoms with Crippen molar-refractivity contribution in [1.29, 1.82) is 0 Å². The van der Waals surface area contributed by atoms with E-state index in [1.807, 2.05) is 0 Å². The van der Waals surface area contributed by atoms with Gasteiger partial charge in [-0.3, -0.25) is 4.79 Å². The third kappa shape index (κ3) is 5.33. The van der Waals surface area contributed by atoms with Crippen molar-refractivity contribution in [3.8, 4) is 5.75 Å². The highest BCUT2D eigenvalue weighted by atomic mass is 32.2. The summed E-state index contributed by atoms with van der Waals surface area (Å²) < 4.78 is 36.3. The normalized spacial score (nSPS) is 12.7. The van der Waals surface area contributed by atoms with Crippen molar-refractivity contribution in [3.63, 3.8) is 0 Å². The van der Waals surface area contributed by atoms with Crippen molar-refractivity contribution in [2.45, 2.75) is 17.9 Å². The van der Waals surface area contributed by atoms with E-state index in [-0.39, 0.29) is 4.90 Å². The molecule has 1 amide bonds. The Morgan fingerprint density at radius 1 is 1.24 bits per heavy atom. The predicted octanol–water partition coefficient (Wildman–Crippen LogP) is 0.125. The first kappa shape index (κ1) is 17.4. The van der Waals surface area contributed by atoms with Gasteiger partial charge >= 0.3 is 0 Å². The molecule has 7 nitrogen and oxygen atoms in total. The Kier molecular flexibility index (Phi) is 6.60. The maximum Gasteiger partial charge on any atom is 0.241 e. The molecule has 8 heteroatoms. The fraction of sp³-hybridized carbons (Fsp3) is 0.462. The lowest BCUT2D eigenvalue weighted by Crippen LogP contribution is -2.45. The summed E-state index contributed by atoms with van der Waals surface area (Å²) in [4.78, 5) is 11.8. The minimum absolute atomic E-state index is 0.0693. The van der Waals surface area contributed by atoms with Crippen molar-refractivity contribution < 1.29 is 22.7 Å². The van der Waals surface area contributed by atoms with Crippen LogP contribution in [0.4, 0.5) is 0 Å². The van der Waals surface area contributed by atoms with Gasteiger partial charge in [0, 0.05) is 13.7 Å². The fourth-order valence-corrected chi connectivity index (χ4v) is 2.74. The molecule has 0 spiro atoms. The van der Waals surface area contributed by atoms with Gasteiger partial charge in [0.05, 0.1) is 24.7 Å². The van der Waals surface area contributed by atoms with Gasteiger partial charge in [-0.25, -0.2) is 8.42 Å². The van der Waals surface area contributed by atoms with Crippen LogP contribution in [0, 0.1) is 0 Å². The summed E-state index contributed by atoms with van der Waals surface area (Å²) in [5.74, 6) is 0.142. The van der Waals surface area contributed by atoms with Crippen molar-refractivity contribution in [3.05, 3.63) is 24.3 Å². The van der Waals surface area contributed by atoms with E-state index in [2.05, 4.69) is 10.0 Å². The van der Waals surface area contributed by atoms with Gasteiger partial charge in [-0.2, -0.15) is 4.72 Å². The van der Waals surface area contributed by atoms with Crippen LogP contribution in [-0.4, -0.2) is 47.7 Å². The molecule has 0 aliphatic heterocycles. The molecule has 0 aliphatic rings. The second-order valence-electron chi connectivity index (χ2n) is 4.30. The molecule has 1 aromatic rings. The van der Waals surface area contributed by atoms with Crippen LogP contribution in [0.5, 0.6) is 5.75 Å². The molecule has 1 rings (SSSR count). The summed E-state index contributed by atoms with van der Waals surface area (Å²) in [5, 5.41) is 2.56. The quantitative estimate of drug-likeness (QED) is 0.665. The lowest BCUT2D eigenvalue weighted by Gasteiger charge is -2.14. The Bertz CT molecular complexity index is 556. The molecule has 0 heterocycles. The van der Waals surface area contributed by atoms with Crippen LogP contribution in [-0.2, 0) is 19.6 Å². The van der Waals surface area contributed by atoms with Crippen LogP contribution >= 0.6 is 0 Å². The first-order valence-electron chi connectivity index (χ1n) is 6.33. The zero-order chi connectivity index (χ0) is 15.9. The molecule has 0 aromatic heterocycles. The van der Waals surface area contributed by atoms with E-state index in [9.17, 15) is 13.2 Å². The standard InChI is InChI=1S/C13H20N2O5S/c1-10(13(16)14-8-9-19-2)15-21(17,18)12-6-4-11(20-3)5-7-12/h4-7,10,15H,8-9H2,1-3H3,(H,14,16). The van der Waals surface area contributed by atoms with E-state index < -0.39 is 22.0 Å². The largest absolute Gasteiger partial charge is 0.497 e. The Morgan fingerprint density at radius 3 is 2.38 bits per heavy atom. The summed E-state index contributed by atoms with van der Waals surface area (Å²) in [6, 6.07) is 5.03. The number of carbonyl (C=O) groups is 1. The zero-order valence-electron chi connectivity index (χ0n) is 12.3. The monoisotopic (exact) mass is 316 g/mol. The molecule has 0 saturated heterocycles. The van der Waals surface area contributed by atoms with E-state index in [4.69, 9.17) is 9.47 Å². The topological polar surface area (TPSA) is 93.7 Å². The van der Waals surface area contributed by atoms with Crippen LogP contribution in [0.25, 0.3) is 0 Å². The molecule has 0 radical (unpaired) electrons. The molecular weight excluding hydrogens is 296 g/mol. The van der Waals surface area contributed by atoms with Crippen LogP contribution in [0.3, 0.4) is 0 Å². The number of hydrogen-bond acceptors (Lipinski definition) is 5. The molecule has 0 aliphatic carbocycles. The Balaban J connectivity index is 2.68. The van der Waals surface area contributed by atoms with Crippen molar-refractivity contribution in [1.82, 2.24) is 10.0 Å². The third-order valence-corrected chi connectivity index (χ3v) is 4.26. The molecule has 1 aromatic carbocycles. The van der Waals surface area contributed by atoms with Crippen LogP contribution < -0.4 is 14.8 Å². The van der Waals surface area contributed by atoms with Gasteiger partial charge < -0.3 is 14.8 Å². The highest BCUT2D eigenvalue weighted by molar-refractivity contribution is 7.89. The maximum atomic E-state index is 12.1. The van der Waals surface area contributed by atoms with Gasteiger partial charge in [0.15, 0.2) is 0 Å². The lowest BCUT2D eigenvalue weighted by atomic mass is 10.3. The van der Waals surface area contributed by atoms with E-state index >= 15 is 0 Å². The second kappa shape index (κ2) is 7.96. The highest BCUT2D eigenvalue weighted by Crippen LogP contribution is 2.15. The first-order valence-corrected chi connectivity index (χ1v) is 7.82. The van der Waals surface area contributed by atoms with Crippen LogP contribution in [0.2, 0.25) is 0 Å². The number of ether oxygens (including phenoxy) is 2. The molecule has 0 saturated carbocycles. The Labute approximate surface area is 124 Å². The average Bonchev–Trinajstić information content (AvgIpc) is 2.47. The number of carbonyl (C=O) groups excluding carboxylic acids is 1. The number of nitrogens with one attached hydrogen (secondary N) is 2. The molecule has 1 unspecified atom stereocenters. The lowest BCUT2D eigenvalue weighted by molar-refractivity contribution is -0.122. The Morgan fingerprint density at radius 2 is 1.86 bits per heavy atom. The highest BCUT2D eigenvalue weighted by Gasteiger charge is 2.21. The first-order chi connectivity index (χ1) is 9.90. The van der Waals surface area contributed by atoms with Crippen molar-refractivity contribution in [2.75, 3.05) is 27.4 Å². The molecule has 21 heavy (non-hydrogen) atoms. The SMILES string of the molecule is COCCNC(=O)C(C)NS(=O)(=O)c1ccc(OC)cc1. The van der Waals surface area contributed by atoms with Crippen LogP contribution in [0.15, 0.2) is 29.2 Å². The van der Waals surface area contributed by atoms with Gasteiger partial charge in [-0.15, -0.1) is 0 Å². The van der Waals surface area contributed by atoms with Gasteiger partial charge in [0.1, 0.15) is 5.75 Å². The van der Waals surface area contributed by atoms with Crippen LogP contribution in [0.1, 0.15) is 6.92 Å². The van der Waals surface area contributed by atoms with E-state index in [1.54, 1.807) is 0 Å². The number of rotatable bonds is 8. The molecule has 0 fully saturated rings. The summed E-state index contributed by atoms with van der Waals surface area (Å²) >= 11 is 0. The average molecular weight is 316 g/mol. The number of amides is 1. The van der Waals surface area contributed by atoms with E-state index in [0.717, 1.165) is 0 Å². The van der Waals surface area contributed by atoms with Gasteiger partial charge in [0.2, 0.25) is 15.9 Å². The summed E-state index contributed by atoms with van der Waals surface area (Å²) in [6.07, 6.45) is 0. The fourth-order valence-electron chi connectivity index (χ4n) is 1.54. The number of hydrogen-bond donors (Lipinski definition) is 2. The van der Waals surface area contributed by atoms with Gasteiger partial charge in [-0.1, -0.05) is 0 Å². The smallest absolute Gasteiger partial charge is 0.241 e.